The van der Waals surface area contributed by atoms with Crippen molar-refractivity contribution in [2.75, 3.05) is 10.6 Å². The molecule has 0 saturated carbocycles. The van der Waals surface area contributed by atoms with Crippen molar-refractivity contribution in [1.29, 1.82) is 0 Å². The predicted octanol–water partition coefficient (Wildman–Crippen LogP) is 8.01. The molecule has 0 saturated heterocycles. The zero-order valence-electron chi connectivity index (χ0n) is 20.6. The highest BCUT2D eigenvalue weighted by Crippen LogP contribution is 2.30. The van der Waals surface area contributed by atoms with E-state index in [2.05, 4.69) is 10.6 Å². The van der Waals surface area contributed by atoms with E-state index in [1.165, 1.54) is 24.3 Å². The van der Waals surface area contributed by atoms with Crippen LogP contribution in [0.3, 0.4) is 0 Å². The standard InChI is InChI=1S/C30H20ClF4N3O2/c31-25-4-2-1-3-24(25)28(39)37-23-13-14-26-19(15-23)16-27(38(26)17-18-5-9-21(32)10-6-18)29(40)36-22-11-7-20(8-12-22)30(33,34)35/h1-16H,17H2,(H,36,40)(H,37,39). The van der Waals surface area contributed by atoms with Crippen molar-refractivity contribution in [2.45, 2.75) is 12.7 Å². The maximum Gasteiger partial charge on any atom is 0.416 e. The highest BCUT2D eigenvalue weighted by atomic mass is 35.5. The van der Waals surface area contributed by atoms with Gasteiger partial charge in [-0.1, -0.05) is 35.9 Å². The highest BCUT2D eigenvalue weighted by Gasteiger charge is 2.30. The van der Waals surface area contributed by atoms with Crippen molar-refractivity contribution in [3.05, 3.63) is 130 Å². The van der Waals surface area contributed by atoms with Gasteiger partial charge in [-0.3, -0.25) is 9.59 Å². The average molecular weight is 566 g/mol. The second-order valence-corrected chi connectivity index (χ2v) is 9.39. The first-order valence-electron chi connectivity index (χ1n) is 12.0. The van der Waals surface area contributed by atoms with Gasteiger partial charge in [-0.05, 0) is 78.4 Å². The number of amides is 2. The van der Waals surface area contributed by atoms with E-state index in [1.807, 2.05) is 0 Å². The molecule has 1 aromatic heterocycles. The summed E-state index contributed by atoms with van der Waals surface area (Å²) in [7, 11) is 0. The van der Waals surface area contributed by atoms with Crippen LogP contribution in [0.15, 0.2) is 97.1 Å². The Morgan fingerprint density at radius 2 is 1.43 bits per heavy atom. The van der Waals surface area contributed by atoms with Gasteiger partial charge in [0, 0.05) is 28.8 Å². The van der Waals surface area contributed by atoms with E-state index < -0.39 is 29.4 Å². The van der Waals surface area contributed by atoms with Crippen molar-refractivity contribution >= 4 is 45.7 Å². The van der Waals surface area contributed by atoms with E-state index in [0.717, 1.165) is 17.7 Å². The van der Waals surface area contributed by atoms with Gasteiger partial charge in [0.25, 0.3) is 11.8 Å². The molecular weight excluding hydrogens is 546 g/mol. The molecule has 10 heteroatoms. The van der Waals surface area contributed by atoms with E-state index in [9.17, 15) is 27.2 Å². The van der Waals surface area contributed by atoms with E-state index in [4.69, 9.17) is 11.6 Å². The summed E-state index contributed by atoms with van der Waals surface area (Å²) in [6.07, 6.45) is -4.50. The zero-order valence-corrected chi connectivity index (χ0v) is 21.4. The lowest BCUT2D eigenvalue weighted by atomic mass is 10.2. The van der Waals surface area contributed by atoms with E-state index in [0.29, 0.717) is 27.2 Å². The molecule has 0 atom stereocenters. The van der Waals surface area contributed by atoms with Crippen LogP contribution in [0.25, 0.3) is 10.9 Å². The maximum atomic E-state index is 13.5. The van der Waals surface area contributed by atoms with Crippen LogP contribution in [0.1, 0.15) is 32.0 Å². The van der Waals surface area contributed by atoms with Gasteiger partial charge in [0.05, 0.1) is 16.1 Å². The van der Waals surface area contributed by atoms with Crippen molar-refractivity contribution in [1.82, 2.24) is 4.57 Å². The molecule has 5 rings (SSSR count). The molecule has 0 aliphatic heterocycles. The highest BCUT2D eigenvalue weighted by molar-refractivity contribution is 6.34. The van der Waals surface area contributed by atoms with Gasteiger partial charge in [0.2, 0.25) is 0 Å². The Morgan fingerprint density at radius 3 is 2.10 bits per heavy atom. The molecule has 202 valence electrons. The number of fused-ring (bicyclic) bond motifs is 1. The third-order valence-corrected chi connectivity index (χ3v) is 6.56. The third-order valence-electron chi connectivity index (χ3n) is 6.23. The Balaban J connectivity index is 1.48. The van der Waals surface area contributed by atoms with Crippen LogP contribution in [-0.2, 0) is 12.7 Å². The number of nitrogens with zero attached hydrogens (tertiary/aromatic N) is 1. The average Bonchev–Trinajstić information content (AvgIpc) is 3.27. The van der Waals surface area contributed by atoms with Crippen molar-refractivity contribution in [3.63, 3.8) is 0 Å². The molecule has 0 spiro atoms. The number of rotatable bonds is 6. The molecule has 4 aromatic carbocycles. The minimum Gasteiger partial charge on any atom is -0.332 e. The van der Waals surface area contributed by atoms with Gasteiger partial charge in [-0.2, -0.15) is 13.2 Å². The fourth-order valence-corrected chi connectivity index (χ4v) is 4.48. The molecule has 0 fully saturated rings. The molecule has 1 heterocycles. The van der Waals surface area contributed by atoms with E-state index >= 15 is 0 Å². The molecule has 0 unspecified atom stereocenters. The summed E-state index contributed by atoms with van der Waals surface area (Å²) in [5, 5.41) is 6.35. The number of halogens is 5. The summed E-state index contributed by atoms with van der Waals surface area (Å²) in [6, 6.07) is 23.3. The van der Waals surface area contributed by atoms with Gasteiger partial charge < -0.3 is 15.2 Å². The summed E-state index contributed by atoms with van der Waals surface area (Å²) in [6.45, 7) is 0.213. The second kappa shape index (κ2) is 10.9. The monoisotopic (exact) mass is 565 g/mol. The Kier molecular flexibility index (Phi) is 7.32. The van der Waals surface area contributed by atoms with Crippen LogP contribution in [0.4, 0.5) is 28.9 Å². The number of carbonyl (C=O) groups is 2. The fourth-order valence-electron chi connectivity index (χ4n) is 4.26. The molecule has 5 nitrogen and oxygen atoms in total. The van der Waals surface area contributed by atoms with Crippen LogP contribution < -0.4 is 10.6 Å². The van der Waals surface area contributed by atoms with Gasteiger partial charge in [0.1, 0.15) is 11.5 Å². The minimum absolute atomic E-state index is 0.185. The molecule has 40 heavy (non-hydrogen) atoms. The molecule has 0 aliphatic rings. The topological polar surface area (TPSA) is 63.1 Å². The van der Waals surface area contributed by atoms with E-state index in [-0.39, 0.29) is 17.9 Å². The Hall–Kier alpha value is -4.63. The quantitative estimate of drug-likeness (QED) is 0.205. The first-order chi connectivity index (χ1) is 19.1. The Labute approximate surface area is 231 Å². The molecule has 0 bridgehead atoms. The molecule has 2 N–H and O–H groups in total. The second-order valence-electron chi connectivity index (χ2n) is 8.98. The number of aromatic nitrogens is 1. The van der Waals surface area contributed by atoms with Crippen LogP contribution >= 0.6 is 11.6 Å². The van der Waals surface area contributed by atoms with Gasteiger partial charge in [-0.25, -0.2) is 4.39 Å². The number of nitrogens with one attached hydrogen (secondary N) is 2. The first kappa shape index (κ1) is 27.0. The summed E-state index contributed by atoms with van der Waals surface area (Å²) < 4.78 is 54.0. The molecular formula is C30H20ClF4N3O2. The fraction of sp³-hybridized carbons (Fsp3) is 0.0667. The summed E-state index contributed by atoms with van der Waals surface area (Å²) in [5.74, 6) is -1.36. The van der Waals surface area contributed by atoms with Gasteiger partial charge in [-0.15, -0.1) is 0 Å². The number of carbonyl (C=O) groups excluding carboxylic acids is 2. The van der Waals surface area contributed by atoms with E-state index in [1.54, 1.807) is 65.2 Å². The van der Waals surface area contributed by atoms with Gasteiger partial charge in [0.15, 0.2) is 0 Å². The Bertz CT molecular complexity index is 1710. The van der Waals surface area contributed by atoms with Crippen molar-refractivity contribution < 1.29 is 27.2 Å². The molecule has 0 aliphatic carbocycles. The minimum atomic E-state index is -4.50. The van der Waals surface area contributed by atoms with Crippen LogP contribution in [-0.4, -0.2) is 16.4 Å². The lowest BCUT2D eigenvalue weighted by Crippen LogP contribution is -2.17. The van der Waals surface area contributed by atoms with Crippen molar-refractivity contribution in [2.24, 2.45) is 0 Å². The van der Waals surface area contributed by atoms with Gasteiger partial charge >= 0.3 is 6.18 Å². The molecule has 0 radical (unpaired) electrons. The smallest absolute Gasteiger partial charge is 0.332 e. The lowest BCUT2D eigenvalue weighted by Gasteiger charge is -2.13. The maximum absolute atomic E-state index is 13.5. The summed E-state index contributed by atoms with van der Waals surface area (Å²) >= 11 is 6.14. The summed E-state index contributed by atoms with van der Waals surface area (Å²) in [4.78, 5) is 26.1. The summed E-state index contributed by atoms with van der Waals surface area (Å²) in [5.41, 5.74) is 1.71. The van der Waals surface area contributed by atoms with Crippen LogP contribution in [0.5, 0.6) is 0 Å². The first-order valence-corrected chi connectivity index (χ1v) is 12.4. The number of anilines is 2. The third kappa shape index (κ3) is 5.84. The number of benzene rings is 4. The number of hydrogen-bond acceptors (Lipinski definition) is 2. The Morgan fingerprint density at radius 1 is 0.775 bits per heavy atom. The number of alkyl halides is 3. The number of hydrogen-bond donors (Lipinski definition) is 2. The van der Waals surface area contributed by atoms with Crippen LogP contribution in [0, 0.1) is 5.82 Å². The normalized spacial score (nSPS) is 11.4. The molecule has 5 aromatic rings. The lowest BCUT2D eigenvalue weighted by molar-refractivity contribution is -0.137. The predicted molar refractivity (Wildman–Crippen MR) is 146 cm³/mol. The zero-order chi connectivity index (χ0) is 28.4. The van der Waals surface area contributed by atoms with Crippen molar-refractivity contribution in [3.8, 4) is 0 Å². The SMILES string of the molecule is O=C(Nc1ccc2c(c1)cc(C(=O)Nc1ccc(C(F)(F)F)cc1)n2Cc1ccc(F)cc1)c1ccccc1Cl. The largest absolute Gasteiger partial charge is 0.416 e. The van der Waals surface area contributed by atoms with Crippen LogP contribution in [0.2, 0.25) is 5.02 Å². The molecule has 2 amide bonds.